The summed E-state index contributed by atoms with van der Waals surface area (Å²) in [7, 11) is 1.39. The Morgan fingerprint density at radius 2 is 2.00 bits per heavy atom. The summed E-state index contributed by atoms with van der Waals surface area (Å²) in [5.41, 5.74) is 2.95. The number of ether oxygens (including phenoxy) is 1. The van der Waals surface area contributed by atoms with Gasteiger partial charge in [0.1, 0.15) is 21.2 Å². The van der Waals surface area contributed by atoms with Crippen LogP contribution in [-0.2, 0) is 35.2 Å². The molecule has 168 valence electrons. The van der Waals surface area contributed by atoms with Crippen molar-refractivity contribution in [3.63, 3.8) is 0 Å². The van der Waals surface area contributed by atoms with Gasteiger partial charge in [0.25, 0.3) is 0 Å². The molecule has 3 heterocycles. The van der Waals surface area contributed by atoms with Crippen molar-refractivity contribution in [2.24, 2.45) is 5.92 Å². The van der Waals surface area contributed by atoms with Crippen LogP contribution in [0.1, 0.15) is 57.4 Å². The summed E-state index contributed by atoms with van der Waals surface area (Å²) in [6.07, 6.45) is 9.02. The highest BCUT2D eigenvalue weighted by Crippen LogP contribution is 2.41. The summed E-state index contributed by atoms with van der Waals surface area (Å²) in [6.45, 7) is 2.22. The Hall–Kier alpha value is -1.97. The van der Waals surface area contributed by atoms with E-state index in [4.69, 9.17) is 4.74 Å². The van der Waals surface area contributed by atoms with Crippen LogP contribution < -0.4 is 5.32 Å². The van der Waals surface area contributed by atoms with E-state index in [-0.39, 0.29) is 17.6 Å². The minimum Gasteiger partial charge on any atom is -0.465 e. The van der Waals surface area contributed by atoms with Crippen LogP contribution in [0, 0.1) is 5.92 Å². The molecule has 3 aromatic rings. The van der Waals surface area contributed by atoms with Crippen molar-refractivity contribution in [1.82, 2.24) is 9.97 Å². The lowest BCUT2D eigenvalue weighted by atomic mass is 9.88. The number of amides is 1. The van der Waals surface area contributed by atoms with E-state index in [1.54, 1.807) is 17.7 Å². The van der Waals surface area contributed by atoms with Gasteiger partial charge in [0.2, 0.25) is 5.91 Å². The van der Waals surface area contributed by atoms with Gasteiger partial charge in [-0.25, -0.2) is 14.8 Å². The van der Waals surface area contributed by atoms with Gasteiger partial charge in [0.15, 0.2) is 0 Å². The second-order valence-corrected chi connectivity index (χ2v) is 11.6. The molecule has 0 aromatic carbocycles. The zero-order valence-electron chi connectivity index (χ0n) is 18.2. The molecule has 0 saturated heterocycles. The predicted molar refractivity (Wildman–Crippen MR) is 130 cm³/mol. The number of aromatic nitrogens is 2. The van der Waals surface area contributed by atoms with E-state index in [1.165, 1.54) is 58.4 Å². The van der Waals surface area contributed by atoms with Gasteiger partial charge in [0.05, 0.1) is 18.4 Å². The van der Waals surface area contributed by atoms with Crippen LogP contribution in [0.5, 0.6) is 0 Å². The van der Waals surface area contributed by atoms with E-state index in [0.717, 1.165) is 52.9 Å². The molecule has 0 unspecified atom stereocenters. The normalized spacial score (nSPS) is 17.6. The van der Waals surface area contributed by atoms with Crippen LogP contribution in [0.25, 0.3) is 10.2 Å². The van der Waals surface area contributed by atoms with E-state index in [9.17, 15) is 9.59 Å². The lowest BCUT2D eigenvalue weighted by molar-refractivity contribution is -0.113. The van der Waals surface area contributed by atoms with Crippen molar-refractivity contribution < 1.29 is 14.3 Å². The molecule has 0 bridgehead atoms. The Morgan fingerprint density at radius 1 is 1.16 bits per heavy atom. The number of methoxy groups -OCH3 is 1. The lowest BCUT2D eigenvalue weighted by Gasteiger charge is -2.18. The molecular formula is C23H25N3O3S3. The Morgan fingerprint density at radius 3 is 2.84 bits per heavy atom. The minimum atomic E-state index is -0.373. The van der Waals surface area contributed by atoms with Gasteiger partial charge in [-0.3, -0.25) is 4.79 Å². The number of carbonyl (C=O) groups excluding carboxylic acids is 2. The summed E-state index contributed by atoms with van der Waals surface area (Å²) < 4.78 is 5.03. The number of hydrogen-bond acceptors (Lipinski definition) is 8. The third-order valence-corrected chi connectivity index (χ3v) is 9.57. The number of anilines is 1. The first kappa shape index (κ1) is 21.9. The maximum atomic E-state index is 12.9. The van der Waals surface area contributed by atoms with Crippen molar-refractivity contribution in [1.29, 1.82) is 0 Å². The van der Waals surface area contributed by atoms with Crippen molar-refractivity contribution in [3.05, 3.63) is 32.8 Å². The van der Waals surface area contributed by atoms with Crippen LogP contribution in [0.4, 0.5) is 5.00 Å². The molecule has 1 amide bonds. The van der Waals surface area contributed by atoms with Gasteiger partial charge in [-0.1, -0.05) is 18.7 Å². The zero-order valence-corrected chi connectivity index (χ0v) is 20.6. The fraction of sp³-hybridized carbons (Fsp3) is 0.478. The molecule has 2 aliphatic rings. The van der Waals surface area contributed by atoms with Gasteiger partial charge in [-0.05, 0) is 62.0 Å². The van der Waals surface area contributed by atoms with Gasteiger partial charge in [0, 0.05) is 15.1 Å². The summed E-state index contributed by atoms with van der Waals surface area (Å²) in [5.74, 6) is 0.309. The third kappa shape index (κ3) is 4.06. The zero-order chi connectivity index (χ0) is 22.2. The van der Waals surface area contributed by atoms with Gasteiger partial charge in [-0.15, -0.1) is 22.7 Å². The second kappa shape index (κ2) is 9.11. The van der Waals surface area contributed by atoms with Gasteiger partial charge in [-0.2, -0.15) is 0 Å². The lowest BCUT2D eigenvalue weighted by Crippen LogP contribution is -2.17. The van der Waals surface area contributed by atoms with Crippen molar-refractivity contribution in [3.8, 4) is 0 Å². The van der Waals surface area contributed by atoms with Crippen LogP contribution in [0.15, 0.2) is 11.4 Å². The molecule has 2 aliphatic carbocycles. The molecule has 32 heavy (non-hydrogen) atoms. The molecule has 1 atom stereocenters. The first-order valence-corrected chi connectivity index (χ1v) is 13.6. The van der Waals surface area contributed by atoms with Crippen LogP contribution >= 0.6 is 34.4 Å². The number of carbonyl (C=O) groups is 2. The van der Waals surface area contributed by atoms with E-state index >= 15 is 0 Å². The number of hydrogen-bond donors (Lipinski definition) is 1. The van der Waals surface area contributed by atoms with Crippen LogP contribution in [-0.4, -0.2) is 34.7 Å². The largest absolute Gasteiger partial charge is 0.465 e. The molecular weight excluding hydrogens is 462 g/mol. The summed E-state index contributed by atoms with van der Waals surface area (Å²) in [6, 6.07) is 0. The highest BCUT2D eigenvalue weighted by atomic mass is 32.2. The second-order valence-electron chi connectivity index (χ2n) is 8.45. The SMILES string of the molecule is COC(=O)c1c(NC(=O)CSc2ncnc3sc4c(c23)CCCC4)sc2c1CC[C@@H](C)C2. The van der Waals surface area contributed by atoms with Gasteiger partial charge >= 0.3 is 5.97 Å². The highest BCUT2D eigenvalue weighted by Gasteiger charge is 2.29. The average Bonchev–Trinajstić information content (AvgIpc) is 3.34. The number of rotatable bonds is 5. The first-order valence-electron chi connectivity index (χ1n) is 11.0. The van der Waals surface area contributed by atoms with E-state index < -0.39 is 0 Å². The first-order chi connectivity index (χ1) is 15.5. The van der Waals surface area contributed by atoms with E-state index in [0.29, 0.717) is 16.5 Å². The number of thiophene rings is 2. The molecule has 0 spiro atoms. The summed E-state index contributed by atoms with van der Waals surface area (Å²) >= 11 is 4.72. The van der Waals surface area contributed by atoms with Crippen LogP contribution in [0.2, 0.25) is 0 Å². The number of nitrogens with one attached hydrogen (secondary N) is 1. The van der Waals surface area contributed by atoms with Crippen LogP contribution in [0.3, 0.4) is 0 Å². The average molecular weight is 488 g/mol. The number of aryl methyl sites for hydroxylation is 2. The van der Waals surface area contributed by atoms with Crippen molar-refractivity contribution in [2.45, 2.75) is 56.9 Å². The fourth-order valence-corrected chi connectivity index (χ4v) is 8.16. The van der Waals surface area contributed by atoms with Gasteiger partial charge < -0.3 is 10.1 Å². The number of nitrogens with zero attached hydrogens (tertiary/aromatic N) is 2. The Balaban J connectivity index is 1.35. The summed E-state index contributed by atoms with van der Waals surface area (Å²) in [5, 5.41) is 5.60. The molecule has 0 aliphatic heterocycles. The van der Waals surface area contributed by atoms with Crippen molar-refractivity contribution >= 4 is 61.5 Å². The number of fused-ring (bicyclic) bond motifs is 4. The number of esters is 1. The fourth-order valence-electron chi connectivity index (χ4n) is 4.62. The van der Waals surface area contributed by atoms with E-state index in [1.807, 2.05) is 0 Å². The molecule has 0 fully saturated rings. The monoisotopic (exact) mass is 487 g/mol. The molecule has 0 saturated carbocycles. The molecule has 0 radical (unpaired) electrons. The van der Waals surface area contributed by atoms with E-state index in [2.05, 4.69) is 22.2 Å². The number of thioether (sulfide) groups is 1. The third-order valence-electron chi connectivity index (χ3n) is 6.21. The molecule has 1 N–H and O–H groups in total. The Labute approximate surface area is 199 Å². The quantitative estimate of drug-likeness (QED) is 0.300. The predicted octanol–water partition coefficient (Wildman–Crippen LogP) is 5.27. The smallest absolute Gasteiger partial charge is 0.341 e. The molecule has 9 heteroatoms. The maximum absolute atomic E-state index is 12.9. The molecule has 3 aromatic heterocycles. The minimum absolute atomic E-state index is 0.136. The standard InChI is InChI=1S/C23H25N3O3S3/c1-12-7-8-14-16(9-12)32-22(19(14)23(28)29-2)26-17(27)10-30-20-18-13-5-3-4-6-15(13)31-21(18)25-11-24-20/h11-12H,3-10H2,1-2H3,(H,26,27)/t12-/m1/s1. The highest BCUT2D eigenvalue weighted by molar-refractivity contribution is 8.00. The summed E-state index contributed by atoms with van der Waals surface area (Å²) in [4.78, 5) is 37.9. The maximum Gasteiger partial charge on any atom is 0.341 e. The topological polar surface area (TPSA) is 81.2 Å². The molecule has 5 rings (SSSR count). The Bertz CT molecular complexity index is 1200. The molecule has 6 nitrogen and oxygen atoms in total. The Kier molecular flexibility index (Phi) is 6.22. The van der Waals surface area contributed by atoms with Crippen molar-refractivity contribution in [2.75, 3.05) is 18.2 Å².